The molecule has 70 valence electrons. The monoisotopic (exact) mass is 178 g/mol. The van der Waals surface area contributed by atoms with Crippen molar-refractivity contribution < 1.29 is 9.90 Å². The molecule has 0 aliphatic rings. The summed E-state index contributed by atoms with van der Waals surface area (Å²) in [5.41, 5.74) is 1.14. The van der Waals surface area contributed by atoms with Crippen LogP contribution in [0.4, 0.5) is 0 Å². The Morgan fingerprint density at radius 2 is 2.00 bits per heavy atom. The second-order valence-corrected chi connectivity index (χ2v) is 3.80. The minimum absolute atomic E-state index is 0.793. The van der Waals surface area contributed by atoms with Crippen LogP contribution >= 0.6 is 0 Å². The van der Waals surface area contributed by atoms with Crippen LogP contribution in [0, 0.1) is 6.92 Å². The molecule has 0 atom stereocenters. The zero-order valence-electron chi connectivity index (χ0n) is 8.16. The highest BCUT2D eigenvalue weighted by atomic mass is 16.4. The Balaban J connectivity index is 3.14. The average Bonchev–Trinajstić information content (AvgIpc) is 2.04. The number of aryl methyl sites for hydroxylation is 1. The first-order chi connectivity index (χ1) is 5.94. The summed E-state index contributed by atoms with van der Waals surface area (Å²) in [6.07, 6.45) is 0. The van der Waals surface area contributed by atoms with E-state index in [-0.39, 0.29) is 0 Å². The smallest absolute Gasteiger partial charge is 0.313 e. The van der Waals surface area contributed by atoms with Gasteiger partial charge in [0.05, 0.1) is 5.41 Å². The minimum atomic E-state index is -0.800. The Morgan fingerprint density at radius 3 is 2.46 bits per heavy atom. The number of carbonyl (C=O) groups is 1. The summed E-state index contributed by atoms with van der Waals surface area (Å²) in [5.74, 6) is -0.793. The Bertz CT molecular complexity index is 327. The van der Waals surface area contributed by atoms with E-state index < -0.39 is 11.4 Å². The van der Waals surface area contributed by atoms with Crippen LogP contribution in [0.15, 0.2) is 24.3 Å². The maximum absolute atomic E-state index is 10.9. The zero-order valence-corrected chi connectivity index (χ0v) is 8.16. The second-order valence-electron chi connectivity index (χ2n) is 3.80. The third kappa shape index (κ3) is 1.89. The molecule has 2 nitrogen and oxygen atoms in total. The molecule has 2 heteroatoms. The first kappa shape index (κ1) is 9.78. The van der Waals surface area contributed by atoms with E-state index in [0.29, 0.717) is 0 Å². The highest BCUT2D eigenvalue weighted by Crippen LogP contribution is 2.23. The molecule has 0 unspecified atom stereocenters. The maximum Gasteiger partial charge on any atom is 0.313 e. The van der Waals surface area contributed by atoms with Gasteiger partial charge >= 0.3 is 5.97 Å². The van der Waals surface area contributed by atoms with Gasteiger partial charge < -0.3 is 5.11 Å². The molecule has 0 amide bonds. The van der Waals surface area contributed by atoms with E-state index in [4.69, 9.17) is 5.11 Å². The lowest BCUT2D eigenvalue weighted by atomic mass is 9.84. The van der Waals surface area contributed by atoms with Crippen LogP contribution in [0.25, 0.3) is 0 Å². The summed E-state index contributed by atoms with van der Waals surface area (Å²) in [7, 11) is 0. The van der Waals surface area contributed by atoms with Crippen LogP contribution in [0.1, 0.15) is 25.0 Å². The molecule has 1 aromatic carbocycles. The molecule has 0 heterocycles. The fourth-order valence-corrected chi connectivity index (χ4v) is 1.16. The van der Waals surface area contributed by atoms with Gasteiger partial charge in [-0.15, -0.1) is 0 Å². The van der Waals surface area contributed by atoms with E-state index in [0.717, 1.165) is 11.1 Å². The molecular weight excluding hydrogens is 164 g/mol. The number of carboxylic acid groups (broad SMARTS) is 1. The summed E-state index contributed by atoms with van der Waals surface area (Å²) < 4.78 is 0. The lowest BCUT2D eigenvalue weighted by Gasteiger charge is -2.19. The standard InChI is InChI=1S/C11H14O2/c1-8-5-4-6-9(7-8)11(2,3)10(12)13/h4-7H,1-3H3,(H,12,13). The van der Waals surface area contributed by atoms with Gasteiger partial charge in [0, 0.05) is 0 Å². The van der Waals surface area contributed by atoms with E-state index in [1.807, 2.05) is 31.2 Å². The molecule has 0 aliphatic heterocycles. The number of benzene rings is 1. The van der Waals surface area contributed by atoms with Crippen molar-refractivity contribution in [1.82, 2.24) is 0 Å². The molecule has 0 fully saturated rings. The molecule has 1 rings (SSSR count). The number of rotatable bonds is 2. The summed E-state index contributed by atoms with van der Waals surface area (Å²) in [6.45, 7) is 5.38. The first-order valence-electron chi connectivity index (χ1n) is 4.25. The van der Waals surface area contributed by atoms with Gasteiger partial charge in [-0.1, -0.05) is 29.8 Å². The first-order valence-corrected chi connectivity index (χ1v) is 4.25. The molecule has 0 saturated heterocycles. The number of hydrogen-bond donors (Lipinski definition) is 1. The highest BCUT2D eigenvalue weighted by molar-refractivity contribution is 5.80. The Kier molecular flexibility index (Phi) is 2.41. The normalized spacial score (nSPS) is 11.3. The van der Waals surface area contributed by atoms with Gasteiger partial charge in [-0.2, -0.15) is 0 Å². The van der Waals surface area contributed by atoms with E-state index in [2.05, 4.69) is 0 Å². The van der Waals surface area contributed by atoms with Crippen molar-refractivity contribution in [3.05, 3.63) is 35.4 Å². The van der Waals surface area contributed by atoms with Crippen LogP contribution in [0.5, 0.6) is 0 Å². The van der Waals surface area contributed by atoms with E-state index in [9.17, 15) is 4.79 Å². The van der Waals surface area contributed by atoms with E-state index in [1.54, 1.807) is 13.8 Å². The van der Waals surface area contributed by atoms with Gasteiger partial charge in [0.1, 0.15) is 0 Å². The molecule has 1 N–H and O–H groups in total. The molecule has 0 aliphatic carbocycles. The predicted octanol–water partition coefficient (Wildman–Crippen LogP) is 2.36. The SMILES string of the molecule is Cc1cccc(C(C)(C)C(=O)O)c1. The fourth-order valence-electron chi connectivity index (χ4n) is 1.16. The van der Waals surface area contributed by atoms with Crippen LogP contribution in [-0.4, -0.2) is 11.1 Å². The summed E-state index contributed by atoms with van der Waals surface area (Å²) in [5, 5.41) is 8.99. The fraction of sp³-hybridized carbons (Fsp3) is 0.364. The predicted molar refractivity (Wildman–Crippen MR) is 51.8 cm³/mol. The van der Waals surface area contributed by atoms with Crippen molar-refractivity contribution in [3.63, 3.8) is 0 Å². The van der Waals surface area contributed by atoms with Gasteiger partial charge in [0.25, 0.3) is 0 Å². The second kappa shape index (κ2) is 3.21. The molecule has 0 radical (unpaired) electrons. The van der Waals surface area contributed by atoms with Crippen molar-refractivity contribution in [1.29, 1.82) is 0 Å². The number of carboxylic acids is 1. The molecular formula is C11H14O2. The van der Waals surface area contributed by atoms with Gasteiger partial charge in [-0.05, 0) is 26.3 Å². The average molecular weight is 178 g/mol. The van der Waals surface area contributed by atoms with Gasteiger partial charge in [-0.3, -0.25) is 4.79 Å². The molecule has 13 heavy (non-hydrogen) atoms. The molecule has 0 spiro atoms. The molecule has 0 aromatic heterocycles. The molecule has 0 bridgehead atoms. The minimum Gasteiger partial charge on any atom is -0.481 e. The molecule has 1 aromatic rings. The summed E-state index contributed by atoms with van der Waals surface area (Å²) >= 11 is 0. The van der Waals surface area contributed by atoms with Crippen molar-refractivity contribution in [2.75, 3.05) is 0 Å². The van der Waals surface area contributed by atoms with Crippen LogP contribution in [0.2, 0.25) is 0 Å². The van der Waals surface area contributed by atoms with Crippen molar-refractivity contribution in [3.8, 4) is 0 Å². The van der Waals surface area contributed by atoms with Crippen molar-refractivity contribution in [2.24, 2.45) is 0 Å². The Hall–Kier alpha value is -1.31. The van der Waals surface area contributed by atoms with Crippen LogP contribution in [0.3, 0.4) is 0 Å². The zero-order chi connectivity index (χ0) is 10.1. The maximum atomic E-state index is 10.9. The lowest BCUT2D eigenvalue weighted by Crippen LogP contribution is -2.28. The summed E-state index contributed by atoms with van der Waals surface area (Å²) in [6, 6.07) is 7.60. The third-order valence-electron chi connectivity index (χ3n) is 2.27. The van der Waals surface area contributed by atoms with Gasteiger partial charge in [0.2, 0.25) is 0 Å². The highest BCUT2D eigenvalue weighted by Gasteiger charge is 2.28. The number of aliphatic carboxylic acids is 1. The van der Waals surface area contributed by atoms with Crippen molar-refractivity contribution >= 4 is 5.97 Å². The lowest BCUT2D eigenvalue weighted by molar-refractivity contribution is -0.142. The van der Waals surface area contributed by atoms with E-state index >= 15 is 0 Å². The van der Waals surface area contributed by atoms with Gasteiger partial charge in [-0.25, -0.2) is 0 Å². The van der Waals surface area contributed by atoms with Crippen LogP contribution < -0.4 is 0 Å². The molecule has 0 saturated carbocycles. The topological polar surface area (TPSA) is 37.3 Å². The quantitative estimate of drug-likeness (QED) is 0.754. The Labute approximate surface area is 78.2 Å². The van der Waals surface area contributed by atoms with Crippen LogP contribution in [-0.2, 0) is 10.2 Å². The summed E-state index contributed by atoms with van der Waals surface area (Å²) in [4.78, 5) is 10.9. The Morgan fingerprint density at radius 1 is 1.38 bits per heavy atom. The third-order valence-corrected chi connectivity index (χ3v) is 2.27. The van der Waals surface area contributed by atoms with Crippen molar-refractivity contribution in [2.45, 2.75) is 26.2 Å². The number of hydrogen-bond acceptors (Lipinski definition) is 1. The van der Waals surface area contributed by atoms with E-state index in [1.165, 1.54) is 0 Å². The largest absolute Gasteiger partial charge is 0.481 e. The van der Waals surface area contributed by atoms with Gasteiger partial charge in [0.15, 0.2) is 0 Å².